The fourth-order valence-corrected chi connectivity index (χ4v) is 4.84. The summed E-state index contributed by atoms with van der Waals surface area (Å²) in [5.41, 5.74) is 1.30. The monoisotopic (exact) mass is 427 g/mol. The summed E-state index contributed by atoms with van der Waals surface area (Å²) in [5, 5.41) is 10.5. The van der Waals surface area contributed by atoms with Gasteiger partial charge in [0.05, 0.1) is 14.2 Å². The van der Waals surface area contributed by atoms with Crippen molar-refractivity contribution in [2.24, 2.45) is 0 Å². The van der Waals surface area contributed by atoms with Crippen LogP contribution in [0.25, 0.3) is 10.1 Å². The van der Waals surface area contributed by atoms with Crippen LogP contribution in [0.15, 0.2) is 42.5 Å². The highest BCUT2D eigenvalue weighted by Crippen LogP contribution is 2.44. The molecule has 2 aromatic carbocycles. The van der Waals surface area contributed by atoms with Crippen molar-refractivity contribution in [1.29, 1.82) is 0 Å². The van der Waals surface area contributed by atoms with Gasteiger partial charge in [-0.15, -0.1) is 11.3 Å². The van der Waals surface area contributed by atoms with Gasteiger partial charge in [0, 0.05) is 35.8 Å². The first-order valence-electron chi connectivity index (χ1n) is 9.93. The first-order chi connectivity index (χ1) is 14.6. The van der Waals surface area contributed by atoms with Crippen molar-refractivity contribution < 1.29 is 24.1 Å². The van der Waals surface area contributed by atoms with Gasteiger partial charge in [0.25, 0.3) is 0 Å². The molecule has 0 unspecified atom stereocenters. The fourth-order valence-electron chi connectivity index (χ4n) is 3.85. The predicted molar refractivity (Wildman–Crippen MR) is 117 cm³/mol. The minimum atomic E-state index is -0.981. The normalized spacial score (nSPS) is 15.3. The molecule has 0 atom stereocenters. The Hall–Kier alpha value is -2.77. The van der Waals surface area contributed by atoms with Gasteiger partial charge >= 0.3 is 5.97 Å². The third-order valence-electron chi connectivity index (χ3n) is 5.41. The molecule has 30 heavy (non-hydrogen) atoms. The van der Waals surface area contributed by atoms with Crippen LogP contribution in [-0.2, 0) is 6.54 Å². The summed E-state index contributed by atoms with van der Waals surface area (Å²) in [4.78, 5) is 14.5. The number of rotatable bonds is 7. The van der Waals surface area contributed by atoms with Crippen LogP contribution in [0.1, 0.15) is 28.1 Å². The lowest BCUT2D eigenvalue weighted by atomic mass is 10.1. The second-order valence-corrected chi connectivity index (χ2v) is 8.40. The van der Waals surface area contributed by atoms with Crippen molar-refractivity contribution in [3.05, 3.63) is 52.9 Å². The summed E-state index contributed by atoms with van der Waals surface area (Å²) in [5.74, 6) is 0.585. The number of methoxy groups -OCH3 is 2. The Morgan fingerprint density at radius 3 is 2.40 bits per heavy atom. The molecule has 0 aliphatic carbocycles. The molecule has 1 aliphatic heterocycles. The van der Waals surface area contributed by atoms with Crippen LogP contribution in [0.5, 0.6) is 17.2 Å². The first kappa shape index (κ1) is 20.5. The number of aromatic carboxylic acids is 1. The van der Waals surface area contributed by atoms with Gasteiger partial charge in [0.1, 0.15) is 6.10 Å². The maximum Gasteiger partial charge on any atom is 0.349 e. The summed E-state index contributed by atoms with van der Waals surface area (Å²) in [7, 11) is 3.13. The number of fused-ring (bicyclic) bond motifs is 1. The Morgan fingerprint density at radius 1 is 1.10 bits per heavy atom. The molecule has 0 spiro atoms. The van der Waals surface area contributed by atoms with Gasteiger partial charge < -0.3 is 19.3 Å². The van der Waals surface area contributed by atoms with Crippen LogP contribution in [0.2, 0.25) is 0 Å². The summed E-state index contributed by atoms with van der Waals surface area (Å²) < 4.78 is 17.8. The van der Waals surface area contributed by atoms with Crippen LogP contribution in [0.4, 0.5) is 0 Å². The smallest absolute Gasteiger partial charge is 0.349 e. The maximum absolute atomic E-state index is 11.9. The molecule has 1 fully saturated rings. The third-order valence-corrected chi connectivity index (χ3v) is 6.53. The zero-order chi connectivity index (χ0) is 21.1. The molecule has 1 N–H and O–H groups in total. The molecule has 1 aromatic heterocycles. The number of carboxylic acid groups (broad SMARTS) is 1. The van der Waals surface area contributed by atoms with Gasteiger partial charge in [-0.25, -0.2) is 4.79 Å². The average molecular weight is 428 g/mol. The van der Waals surface area contributed by atoms with Crippen molar-refractivity contribution >= 4 is 27.4 Å². The van der Waals surface area contributed by atoms with E-state index in [1.807, 2.05) is 6.07 Å². The van der Waals surface area contributed by atoms with Gasteiger partial charge in [0.15, 0.2) is 22.1 Å². The van der Waals surface area contributed by atoms with Crippen molar-refractivity contribution in [3.8, 4) is 17.2 Å². The van der Waals surface area contributed by atoms with Gasteiger partial charge in [-0.3, -0.25) is 4.90 Å². The van der Waals surface area contributed by atoms with Crippen molar-refractivity contribution in [2.45, 2.75) is 25.5 Å². The third kappa shape index (κ3) is 4.22. The summed E-state index contributed by atoms with van der Waals surface area (Å²) >= 11 is 1.20. The highest BCUT2D eigenvalue weighted by molar-refractivity contribution is 7.21. The largest absolute Gasteiger partial charge is 0.493 e. The first-order valence-corrected chi connectivity index (χ1v) is 10.8. The lowest BCUT2D eigenvalue weighted by molar-refractivity contribution is 0.0684. The lowest BCUT2D eigenvalue weighted by Crippen LogP contribution is -2.37. The Bertz CT molecular complexity index is 1020. The number of carboxylic acids is 1. The second kappa shape index (κ2) is 8.93. The Balaban J connectivity index is 1.52. The van der Waals surface area contributed by atoms with E-state index < -0.39 is 5.97 Å². The molecule has 3 aromatic rings. The van der Waals surface area contributed by atoms with Gasteiger partial charge in [-0.05, 0) is 24.5 Å². The van der Waals surface area contributed by atoms with E-state index in [-0.39, 0.29) is 11.0 Å². The van der Waals surface area contributed by atoms with E-state index in [1.54, 1.807) is 26.4 Å². The van der Waals surface area contributed by atoms with Crippen molar-refractivity contribution in [2.75, 3.05) is 27.3 Å². The second-order valence-electron chi connectivity index (χ2n) is 7.35. The molecular formula is C23H25NO5S. The Labute approximate surface area is 179 Å². The molecule has 0 bridgehead atoms. The molecule has 0 radical (unpaired) electrons. The van der Waals surface area contributed by atoms with E-state index in [1.165, 1.54) is 16.9 Å². The molecular weight excluding hydrogens is 402 g/mol. The molecule has 6 nitrogen and oxygen atoms in total. The number of hydrogen-bond acceptors (Lipinski definition) is 6. The van der Waals surface area contributed by atoms with Crippen LogP contribution in [0.3, 0.4) is 0 Å². The minimum Gasteiger partial charge on any atom is -0.493 e. The van der Waals surface area contributed by atoms with Crippen molar-refractivity contribution in [3.63, 3.8) is 0 Å². The van der Waals surface area contributed by atoms with Crippen LogP contribution in [0, 0.1) is 0 Å². The highest BCUT2D eigenvalue weighted by atomic mass is 32.1. The number of likely N-dealkylation sites (tertiary alicyclic amines) is 1. The lowest BCUT2D eigenvalue weighted by Gasteiger charge is -2.32. The molecule has 4 rings (SSSR count). The van der Waals surface area contributed by atoms with E-state index in [0.29, 0.717) is 17.2 Å². The fraction of sp³-hybridized carbons (Fsp3) is 0.348. The molecule has 0 amide bonds. The quantitative estimate of drug-likeness (QED) is 0.592. The van der Waals surface area contributed by atoms with E-state index in [2.05, 4.69) is 29.2 Å². The average Bonchev–Trinajstić information content (AvgIpc) is 3.12. The van der Waals surface area contributed by atoms with E-state index in [9.17, 15) is 9.90 Å². The number of carbonyl (C=O) groups is 1. The van der Waals surface area contributed by atoms with Gasteiger partial charge in [0.2, 0.25) is 0 Å². The van der Waals surface area contributed by atoms with Crippen LogP contribution in [-0.4, -0.2) is 49.4 Å². The van der Waals surface area contributed by atoms with E-state index in [4.69, 9.17) is 14.2 Å². The standard InChI is InChI=1S/C23H25NO5S/c1-27-18-12-17-20(13-19(18)28-2)30-22(23(25)26)21(17)29-16-8-10-24(11-9-16)14-15-6-4-3-5-7-15/h3-7,12-13,16H,8-11,14H2,1-2H3,(H,25,26). The van der Waals surface area contributed by atoms with Crippen molar-refractivity contribution in [1.82, 2.24) is 4.90 Å². The number of hydrogen-bond donors (Lipinski definition) is 1. The molecule has 0 saturated carbocycles. The maximum atomic E-state index is 11.9. The minimum absolute atomic E-state index is 0.0129. The zero-order valence-corrected chi connectivity index (χ0v) is 17.9. The Morgan fingerprint density at radius 2 is 1.77 bits per heavy atom. The molecule has 158 valence electrons. The number of benzene rings is 2. The summed E-state index contributed by atoms with van der Waals surface area (Å²) in [6.45, 7) is 2.76. The molecule has 1 saturated heterocycles. The number of ether oxygens (including phenoxy) is 3. The Kier molecular flexibility index (Phi) is 6.11. The zero-order valence-electron chi connectivity index (χ0n) is 17.1. The highest BCUT2D eigenvalue weighted by Gasteiger charge is 2.26. The predicted octanol–water partition coefficient (Wildman–Crippen LogP) is 4.66. The van der Waals surface area contributed by atoms with E-state index >= 15 is 0 Å². The van der Waals surface area contributed by atoms with Gasteiger partial charge in [-0.2, -0.15) is 0 Å². The number of thiophene rings is 1. The molecule has 1 aliphatic rings. The van der Waals surface area contributed by atoms with Crippen LogP contribution >= 0.6 is 11.3 Å². The number of nitrogens with zero attached hydrogens (tertiary/aromatic N) is 1. The summed E-state index contributed by atoms with van der Waals surface area (Å²) in [6, 6.07) is 14.0. The summed E-state index contributed by atoms with van der Waals surface area (Å²) in [6.07, 6.45) is 1.70. The SMILES string of the molecule is COc1cc2sc(C(=O)O)c(OC3CCN(Cc4ccccc4)CC3)c2cc1OC. The van der Waals surface area contributed by atoms with E-state index in [0.717, 1.165) is 42.6 Å². The number of piperidine rings is 1. The van der Waals surface area contributed by atoms with Crippen LogP contribution < -0.4 is 14.2 Å². The molecule has 2 heterocycles. The molecule has 7 heteroatoms. The van der Waals surface area contributed by atoms with Gasteiger partial charge in [-0.1, -0.05) is 30.3 Å². The topological polar surface area (TPSA) is 68.2 Å².